The Morgan fingerprint density at radius 3 is 2.53 bits per heavy atom. The van der Waals surface area contributed by atoms with E-state index in [-0.39, 0.29) is 0 Å². The van der Waals surface area contributed by atoms with E-state index in [2.05, 4.69) is 4.52 Å². The Hall–Kier alpha value is 0.0549. The zero-order valence-corrected chi connectivity index (χ0v) is 8.91. The molecule has 1 aliphatic rings. The summed E-state index contributed by atoms with van der Waals surface area (Å²) in [5.41, 5.74) is 0. The minimum atomic E-state index is -4.57. The van der Waals surface area contributed by atoms with Crippen molar-refractivity contribution in [3.8, 4) is 0 Å². The van der Waals surface area contributed by atoms with Crippen LogP contribution >= 0.6 is 7.82 Å². The molecule has 0 bridgehead atoms. The fourth-order valence-corrected chi connectivity index (χ4v) is 1.69. The number of hydrogen-bond donors (Lipinski definition) is 3. The smallest absolute Gasteiger partial charge is 0.388 e. The fraction of sp³-hybridized carbons (Fsp3) is 1.00. The van der Waals surface area contributed by atoms with Crippen molar-refractivity contribution in [3.05, 3.63) is 0 Å². The van der Waals surface area contributed by atoms with E-state index < -0.39 is 38.7 Å². The van der Waals surface area contributed by atoms with Gasteiger partial charge in [0.15, 0.2) is 0 Å². The standard InChI is InChI=1S/C6H12BO7P/c1-12-5-4(8)3(14-6(5)7)2-13-15(9,10)11/h3-6,8H,2H2,1H3,(H2,9,10,11)/t3-,4+,5+,6-/m1/s1. The number of aliphatic hydroxyl groups excluding tert-OH is 1. The molecule has 0 aromatic rings. The zero-order valence-electron chi connectivity index (χ0n) is 8.02. The summed E-state index contributed by atoms with van der Waals surface area (Å²) in [6.45, 7) is -0.445. The maximum atomic E-state index is 10.4. The van der Waals surface area contributed by atoms with Crippen molar-refractivity contribution in [2.75, 3.05) is 13.7 Å². The van der Waals surface area contributed by atoms with Crippen molar-refractivity contribution in [2.24, 2.45) is 0 Å². The van der Waals surface area contributed by atoms with Crippen molar-refractivity contribution in [3.63, 3.8) is 0 Å². The first-order valence-electron chi connectivity index (χ1n) is 4.17. The first-order valence-corrected chi connectivity index (χ1v) is 5.70. The second-order valence-corrected chi connectivity index (χ2v) is 4.36. The molecule has 0 aromatic heterocycles. The van der Waals surface area contributed by atoms with Gasteiger partial charge in [-0.1, -0.05) is 0 Å². The number of methoxy groups -OCH3 is 1. The number of phosphoric acid groups is 1. The van der Waals surface area contributed by atoms with Crippen molar-refractivity contribution < 1.29 is 33.5 Å². The Balaban J connectivity index is 2.48. The van der Waals surface area contributed by atoms with Crippen LogP contribution in [0.3, 0.4) is 0 Å². The maximum Gasteiger partial charge on any atom is 0.469 e. The molecule has 0 amide bonds. The molecule has 0 saturated carbocycles. The molecule has 0 aliphatic carbocycles. The van der Waals surface area contributed by atoms with E-state index in [1.165, 1.54) is 7.11 Å². The van der Waals surface area contributed by atoms with Gasteiger partial charge in [0.25, 0.3) is 0 Å². The summed E-state index contributed by atoms with van der Waals surface area (Å²) in [5.74, 6) is 0. The third kappa shape index (κ3) is 3.53. The van der Waals surface area contributed by atoms with Crippen LogP contribution in [0, 0.1) is 0 Å². The van der Waals surface area contributed by atoms with Crippen LogP contribution in [0.15, 0.2) is 0 Å². The Morgan fingerprint density at radius 2 is 2.13 bits per heavy atom. The monoisotopic (exact) mass is 238 g/mol. The van der Waals surface area contributed by atoms with Crippen molar-refractivity contribution in [1.29, 1.82) is 0 Å². The summed E-state index contributed by atoms with van der Waals surface area (Å²) in [4.78, 5) is 16.9. The average Bonchev–Trinajstić information content (AvgIpc) is 2.37. The van der Waals surface area contributed by atoms with Crippen LogP contribution in [-0.2, 0) is 18.6 Å². The van der Waals surface area contributed by atoms with Gasteiger partial charge in [-0.2, -0.15) is 0 Å². The number of aliphatic hydroxyl groups is 1. The highest BCUT2D eigenvalue weighted by atomic mass is 31.2. The van der Waals surface area contributed by atoms with E-state index in [1.807, 2.05) is 0 Å². The first kappa shape index (κ1) is 13.1. The predicted octanol–water partition coefficient (Wildman–Crippen LogP) is -1.64. The quantitative estimate of drug-likeness (QED) is 0.398. The molecule has 4 atom stereocenters. The van der Waals surface area contributed by atoms with Gasteiger partial charge in [-0.15, -0.1) is 0 Å². The molecule has 1 rings (SSSR count). The number of phosphoric ester groups is 1. The molecule has 0 spiro atoms. The lowest BCUT2D eigenvalue weighted by Crippen LogP contribution is -2.35. The second-order valence-electron chi connectivity index (χ2n) is 3.12. The molecule has 15 heavy (non-hydrogen) atoms. The van der Waals surface area contributed by atoms with Gasteiger partial charge in [0.1, 0.15) is 26.2 Å². The molecule has 0 unspecified atom stereocenters. The number of rotatable bonds is 4. The highest BCUT2D eigenvalue weighted by molar-refractivity contribution is 7.46. The second kappa shape index (κ2) is 4.92. The topological polar surface area (TPSA) is 105 Å². The molecule has 2 radical (unpaired) electrons. The Morgan fingerprint density at radius 1 is 1.53 bits per heavy atom. The summed E-state index contributed by atoms with van der Waals surface area (Å²) in [5, 5.41) is 9.55. The average molecular weight is 238 g/mol. The SMILES string of the molecule is [B][C@@H]1O[C@H](COP(=O)(O)O)[C@H](O)[C@@H]1OC. The summed E-state index contributed by atoms with van der Waals surface area (Å²) in [7, 11) is 2.24. The Kier molecular flexibility index (Phi) is 4.31. The van der Waals surface area contributed by atoms with E-state index in [0.29, 0.717) is 0 Å². The van der Waals surface area contributed by atoms with Gasteiger partial charge in [0, 0.05) is 13.1 Å². The molecule has 9 heteroatoms. The summed E-state index contributed by atoms with van der Waals surface area (Å²) >= 11 is 0. The third-order valence-electron chi connectivity index (χ3n) is 2.05. The lowest BCUT2D eigenvalue weighted by Gasteiger charge is -2.16. The van der Waals surface area contributed by atoms with Crippen LogP contribution in [0.1, 0.15) is 0 Å². The molecule has 1 aliphatic heterocycles. The molecule has 7 nitrogen and oxygen atoms in total. The fourth-order valence-electron chi connectivity index (χ4n) is 1.35. The Labute approximate surface area is 88.0 Å². The highest BCUT2D eigenvalue weighted by Crippen LogP contribution is 2.37. The molecule has 0 aromatic carbocycles. The predicted molar refractivity (Wildman–Crippen MR) is 49.2 cm³/mol. The number of hydrogen-bond acceptors (Lipinski definition) is 5. The number of ether oxygens (including phenoxy) is 2. The van der Waals surface area contributed by atoms with Crippen LogP contribution in [-0.4, -0.2) is 60.8 Å². The van der Waals surface area contributed by atoms with Crippen LogP contribution < -0.4 is 0 Å². The molecular weight excluding hydrogens is 226 g/mol. The van der Waals surface area contributed by atoms with Gasteiger partial charge in [-0.05, 0) is 0 Å². The highest BCUT2D eigenvalue weighted by Gasteiger charge is 2.41. The molecular formula is C6H12BO7P. The van der Waals surface area contributed by atoms with E-state index in [4.69, 9.17) is 27.1 Å². The Bertz CT molecular complexity index is 256. The largest absolute Gasteiger partial charge is 0.469 e. The van der Waals surface area contributed by atoms with Crippen LogP contribution in [0.2, 0.25) is 0 Å². The molecule has 1 heterocycles. The molecule has 3 N–H and O–H groups in total. The van der Waals surface area contributed by atoms with Crippen LogP contribution in [0.25, 0.3) is 0 Å². The van der Waals surface area contributed by atoms with Gasteiger partial charge in [-0.3, -0.25) is 4.52 Å². The van der Waals surface area contributed by atoms with E-state index in [9.17, 15) is 9.67 Å². The molecule has 1 fully saturated rings. The van der Waals surface area contributed by atoms with E-state index in [1.54, 1.807) is 0 Å². The maximum absolute atomic E-state index is 10.4. The van der Waals surface area contributed by atoms with Gasteiger partial charge >= 0.3 is 7.82 Å². The summed E-state index contributed by atoms with van der Waals surface area (Å²) in [6, 6.07) is -0.838. The van der Waals surface area contributed by atoms with Crippen LogP contribution in [0.5, 0.6) is 0 Å². The lowest BCUT2D eigenvalue weighted by atomic mass is 9.93. The van der Waals surface area contributed by atoms with Gasteiger partial charge in [0.2, 0.25) is 0 Å². The van der Waals surface area contributed by atoms with Gasteiger partial charge in [0.05, 0.1) is 6.61 Å². The molecule has 86 valence electrons. The van der Waals surface area contributed by atoms with E-state index in [0.717, 1.165) is 0 Å². The van der Waals surface area contributed by atoms with Gasteiger partial charge in [-0.25, -0.2) is 4.57 Å². The van der Waals surface area contributed by atoms with Gasteiger partial charge < -0.3 is 24.4 Å². The third-order valence-corrected chi connectivity index (χ3v) is 2.54. The minimum Gasteiger partial charge on any atom is -0.388 e. The van der Waals surface area contributed by atoms with Crippen molar-refractivity contribution >= 4 is 15.7 Å². The minimum absolute atomic E-state index is 0.445. The summed E-state index contributed by atoms with van der Waals surface area (Å²) in [6.07, 6.45) is -2.70. The lowest BCUT2D eigenvalue weighted by molar-refractivity contribution is -0.0143. The normalized spacial score (nSPS) is 37.1. The van der Waals surface area contributed by atoms with Crippen molar-refractivity contribution in [1.82, 2.24) is 0 Å². The molecule has 1 saturated heterocycles. The van der Waals surface area contributed by atoms with Crippen LogP contribution in [0.4, 0.5) is 0 Å². The van der Waals surface area contributed by atoms with E-state index >= 15 is 0 Å². The summed E-state index contributed by atoms with van der Waals surface area (Å²) < 4.78 is 24.5. The first-order chi connectivity index (χ1) is 6.85. The zero-order chi connectivity index (χ0) is 11.6. The van der Waals surface area contributed by atoms with Crippen molar-refractivity contribution in [2.45, 2.75) is 24.3 Å².